The van der Waals surface area contributed by atoms with E-state index >= 15 is 0 Å². The first-order valence-corrected chi connectivity index (χ1v) is 9.06. The number of hydrogen-bond donors (Lipinski definition) is 1. The number of esters is 1. The zero-order valence-electron chi connectivity index (χ0n) is 16.5. The summed E-state index contributed by atoms with van der Waals surface area (Å²) in [5.41, 5.74) is 4.34. The average molecular weight is 404 g/mol. The molecule has 1 aromatic heterocycles. The van der Waals surface area contributed by atoms with Gasteiger partial charge in [-0.2, -0.15) is 5.10 Å². The highest BCUT2D eigenvalue weighted by molar-refractivity contribution is 5.95. The van der Waals surface area contributed by atoms with Crippen molar-refractivity contribution >= 4 is 24.2 Å². The number of nitrogens with one attached hydrogen (secondary N) is 1. The van der Waals surface area contributed by atoms with Crippen molar-refractivity contribution in [3.05, 3.63) is 89.4 Å². The minimum Gasteiger partial charge on any atom is -0.497 e. The van der Waals surface area contributed by atoms with Gasteiger partial charge in [-0.1, -0.05) is 24.3 Å². The Morgan fingerprint density at radius 3 is 2.53 bits per heavy atom. The molecule has 1 amide bonds. The van der Waals surface area contributed by atoms with Gasteiger partial charge in [-0.05, 0) is 54.5 Å². The van der Waals surface area contributed by atoms with Crippen LogP contribution in [0.15, 0.2) is 76.5 Å². The number of hydrogen-bond acceptors (Lipinski definition) is 6. The Labute approximate surface area is 173 Å². The first-order chi connectivity index (χ1) is 14.5. The van der Waals surface area contributed by atoms with Crippen molar-refractivity contribution < 1.29 is 23.5 Å². The highest BCUT2D eigenvalue weighted by Crippen LogP contribution is 2.14. The van der Waals surface area contributed by atoms with Gasteiger partial charge in [0.2, 0.25) is 0 Å². The molecule has 152 valence electrons. The fraction of sp³-hybridized carbons (Fsp3) is 0.0870. The Morgan fingerprint density at radius 2 is 1.83 bits per heavy atom. The third-order valence-corrected chi connectivity index (χ3v) is 4.09. The number of nitrogens with zero attached hydrogens (tertiary/aromatic N) is 1. The van der Waals surface area contributed by atoms with Crippen LogP contribution < -0.4 is 14.9 Å². The summed E-state index contributed by atoms with van der Waals surface area (Å²) in [6.07, 6.45) is 5.89. The lowest BCUT2D eigenvalue weighted by molar-refractivity contribution is -0.128. The molecule has 0 bridgehead atoms. The fourth-order valence-electron chi connectivity index (χ4n) is 2.53. The highest BCUT2D eigenvalue weighted by atomic mass is 16.5. The summed E-state index contributed by atoms with van der Waals surface area (Å²) < 4.78 is 15.5. The number of amides is 1. The summed E-state index contributed by atoms with van der Waals surface area (Å²) in [7, 11) is 1.59. The second kappa shape index (κ2) is 9.88. The van der Waals surface area contributed by atoms with E-state index in [0.717, 1.165) is 11.3 Å². The van der Waals surface area contributed by atoms with Crippen molar-refractivity contribution in [2.45, 2.75) is 6.92 Å². The molecule has 3 rings (SSSR count). The van der Waals surface area contributed by atoms with Crippen molar-refractivity contribution in [2.75, 3.05) is 7.11 Å². The SMILES string of the molecule is COc1ccc(/C=C\C(=O)Oc2cccc(C=NNC(=O)c3ccoc3C)c2)cc1. The van der Waals surface area contributed by atoms with Crippen LogP contribution in [0.4, 0.5) is 0 Å². The van der Waals surface area contributed by atoms with Gasteiger partial charge >= 0.3 is 5.97 Å². The standard InChI is InChI=1S/C23H20N2O5/c1-16-21(12-13-29-16)23(27)25-24-15-18-4-3-5-20(14-18)30-22(26)11-8-17-6-9-19(28-2)10-7-17/h3-15H,1-2H3,(H,25,27)/b11-8-,24-15?. The van der Waals surface area contributed by atoms with Gasteiger partial charge in [0.05, 0.1) is 25.2 Å². The molecule has 0 atom stereocenters. The first-order valence-electron chi connectivity index (χ1n) is 9.06. The number of rotatable bonds is 7. The van der Waals surface area contributed by atoms with Crippen LogP contribution in [0, 0.1) is 6.92 Å². The normalized spacial score (nSPS) is 11.0. The quantitative estimate of drug-likeness (QED) is 0.211. The minimum absolute atomic E-state index is 0.361. The zero-order chi connectivity index (χ0) is 21.3. The Morgan fingerprint density at radius 1 is 1.03 bits per heavy atom. The van der Waals surface area contributed by atoms with E-state index in [1.54, 1.807) is 62.6 Å². The van der Waals surface area contributed by atoms with Crippen molar-refractivity contribution in [3.8, 4) is 11.5 Å². The van der Waals surface area contributed by atoms with Crippen molar-refractivity contribution in [3.63, 3.8) is 0 Å². The first kappa shape index (κ1) is 20.6. The van der Waals surface area contributed by atoms with E-state index < -0.39 is 5.97 Å². The van der Waals surface area contributed by atoms with Gasteiger partial charge in [-0.25, -0.2) is 10.2 Å². The van der Waals surface area contributed by atoms with Crippen LogP contribution in [0.5, 0.6) is 11.5 Å². The predicted molar refractivity (Wildman–Crippen MR) is 113 cm³/mol. The molecule has 7 nitrogen and oxygen atoms in total. The number of carbonyl (C=O) groups is 2. The zero-order valence-corrected chi connectivity index (χ0v) is 16.5. The molecule has 1 heterocycles. The van der Waals surface area contributed by atoms with Gasteiger partial charge in [-0.3, -0.25) is 4.79 Å². The number of methoxy groups -OCH3 is 1. The van der Waals surface area contributed by atoms with Crippen LogP contribution >= 0.6 is 0 Å². The van der Waals surface area contributed by atoms with Crippen LogP contribution in [0.3, 0.4) is 0 Å². The van der Waals surface area contributed by atoms with Crippen LogP contribution in [0.1, 0.15) is 27.2 Å². The van der Waals surface area contributed by atoms with Crippen LogP contribution in [-0.2, 0) is 4.79 Å². The number of ether oxygens (including phenoxy) is 2. The highest BCUT2D eigenvalue weighted by Gasteiger charge is 2.09. The summed E-state index contributed by atoms with van der Waals surface area (Å²) in [6.45, 7) is 1.69. The van der Waals surface area contributed by atoms with Gasteiger partial charge in [0.1, 0.15) is 17.3 Å². The molecule has 30 heavy (non-hydrogen) atoms. The number of benzene rings is 2. The third-order valence-electron chi connectivity index (χ3n) is 4.09. The smallest absolute Gasteiger partial charge is 0.336 e. The minimum atomic E-state index is -0.511. The molecule has 0 saturated carbocycles. The Balaban J connectivity index is 1.56. The van der Waals surface area contributed by atoms with Crippen molar-refractivity contribution in [1.29, 1.82) is 0 Å². The summed E-state index contributed by atoms with van der Waals surface area (Å²) in [6, 6.07) is 15.6. The molecule has 3 aromatic rings. The Hall–Kier alpha value is -4.13. The lowest BCUT2D eigenvalue weighted by Gasteiger charge is -2.03. The Bertz CT molecular complexity index is 1080. The molecule has 0 spiro atoms. The second-order valence-electron chi connectivity index (χ2n) is 6.19. The van der Waals surface area contributed by atoms with Gasteiger partial charge in [0.25, 0.3) is 5.91 Å². The predicted octanol–water partition coefficient (Wildman–Crippen LogP) is 3.98. The van der Waals surface area contributed by atoms with E-state index in [2.05, 4.69) is 10.5 Å². The summed E-state index contributed by atoms with van der Waals surface area (Å²) >= 11 is 0. The van der Waals surface area contributed by atoms with Crippen LogP contribution in [0.2, 0.25) is 0 Å². The molecular formula is C23H20N2O5. The van der Waals surface area contributed by atoms with Crippen molar-refractivity contribution in [1.82, 2.24) is 5.43 Å². The summed E-state index contributed by atoms with van der Waals surface area (Å²) in [4.78, 5) is 24.0. The molecule has 1 N–H and O–H groups in total. The molecule has 7 heteroatoms. The maximum absolute atomic E-state index is 12.1. The molecule has 0 saturated heterocycles. The molecule has 2 aromatic carbocycles. The van der Waals surface area contributed by atoms with E-state index in [1.165, 1.54) is 18.6 Å². The Kier molecular flexibility index (Phi) is 6.78. The molecular weight excluding hydrogens is 384 g/mol. The number of aryl methyl sites for hydroxylation is 1. The van der Waals surface area contributed by atoms with Gasteiger partial charge in [0.15, 0.2) is 0 Å². The third kappa shape index (κ3) is 5.68. The number of furan rings is 1. The second-order valence-corrected chi connectivity index (χ2v) is 6.19. The van der Waals surface area contributed by atoms with E-state index in [4.69, 9.17) is 13.9 Å². The fourth-order valence-corrected chi connectivity index (χ4v) is 2.53. The molecule has 0 fully saturated rings. The summed E-state index contributed by atoms with van der Waals surface area (Å²) in [5, 5.41) is 3.92. The van der Waals surface area contributed by atoms with Crippen LogP contribution in [-0.4, -0.2) is 25.2 Å². The van der Waals surface area contributed by atoms with E-state index in [0.29, 0.717) is 22.6 Å². The number of carbonyl (C=O) groups excluding carboxylic acids is 2. The van der Waals surface area contributed by atoms with E-state index in [1.807, 2.05) is 12.1 Å². The topological polar surface area (TPSA) is 90.1 Å². The van der Waals surface area contributed by atoms with Gasteiger partial charge < -0.3 is 13.9 Å². The monoisotopic (exact) mass is 404 g/mol. The summed E-state index contributed by atoms with van der Waals surface area (Å²) in [5.74, 6) is 0.733. The van der Waals surface area contributed by atoms with E-state index in [9.17, 15) is 9.59 Å². The average Bonchev–Trinajstić information content (AvgIpc) is 3.19. The molecule has 0 aliphatic heterocycles. The maximum Gasteiger partial charge on any atom is 0.336 e. The van der Waals surface area contributed by atoms with Gasteiger partial charge in [-0.15, -0.1) is 0 Å². The molecule has 0 aliphatic rings. The molecule has 0 unspecified atom stereocenters. The molecule has 0 radical (unpaired) electrons. The van der Waals surface area contributed by atoms with Crippen molar-refractivity contribution in [2.24, 2.45) is 5.10 Å². The maximum atomic E-state index is 12.1. The van der Waals surface area contributed by atoms with Crippen LogP contribution in [0.25, 0.3) is 6.08 Å². The lowest BCUT2D eigenvalue weighted by Crippen LogP contribution is -2.17. The lowest BCUT2D eigenvalue weighted by atomic mass is 10.2. The number of hydrazone groups is 1. The largest absolute Gasteiger partial charge is 0.497 e. The molecule has 0 aliphatic carbocycles. The van der Waals surface area contributed by atoms with Gasteiger partial charge in [0, 0.05) is 6.08 Å². The van der Waals surface area contributed by atoms with E-state index in [-0.39, 0.29) is 5.91 Å².